The summed E-state index contributed by atoms with van der Waals surface area (Å²) in [6.07, 6.45) is 11.5. The number of ether oxygens (including phenoxy) is 2. The summed E-state index contributed by atoms with van der Waals surface area (Å²) in [5.41, 5.74) is 5.00. The Labute approximate surface area is 259 Å². The lowest BCUT2D eigenvalue weighted by molar-refractivity contribution is 0.0523. The summed E-state index contributed by atoms with van der Waals surface area (Å²) in [4.78, 5) is 12.1. The highest BCUT2D eigenvalue weighted by Crippen LogP contribution is 2.58. The molecule has 5 nitrogen and oxygen atoms in total. The van der Waals surface area contributed by atoms with Gasteiger partial charge >= 0.3 is 6.09 Å². The predicted octanol–water partition coefficient (Wildman–Crippen LogP) is 9.53. The van der Waals surface area contributed by atoms with E-state index in [1.54, 1.807) is 5.57 Å². The van der Waals surface area contributed by atoms with Gasteiger partial charge in [-0.1, -0.05) is 56.5 Å². The zero-order valence-electron chi connectivity index (χ0n) is 27.0. The van der Waals surface area contributed by atoms with Crippen molar-refractivity contribution in [1.29, 1.82) is 0 Å². The lowest BCUT2D eigenvalue weighted by Gasteiger charge is -2.52. The van der Waals surface area contributed by atoms with Crippen LogP contribution in [0.15, 0.2) is 54.1 Å². The molecule has 1 atom stereocenters. The Balaban J connectivity index is 1.32. The van der Waals surface area contributed by atoms with Gasteiger partial charge in [0.1, 0.15) is 17.1 Å². The van der Waals surface area contributed by atoms with Gasteiger partial charge in [-0.05, 0) is 143 Å². The number of carbonyl (C=O) groups is 1. The van der Waals surface area contributed by atoms with E-state index in [0.717, 1.165) is 49.7 Å². The molecule has 234 valence electrons. The molecule has 43 heavy (non-hydrogen) atoms. The second kappa shape index (κ2) is 13.8. The summed E-state index contributed by atoms with van der Waals surface area (Å²) in [6.45, 7) is 10.7. The van der Waals surface area contributed by atoms with Gasteiger partial charge in [-0.15, -0.1) is 0 Å². The number of phenols is 1. The van der Waals surface area contributed by atoms with Crippen molar-refractivity contribution in [2.45, 2.75) is 111 Å². The minimum Gasteiger partial charge on any atom is -0.508 e. The van der Waals surface area contributed by atoms with Gasteiger partial charge in [0, 0.05) is 6.54 Å². The number of hydrogen-bond acceptors (Lipinski definition) is 4. The summed E-state index contributed by atoms with van der Waals surface area (Å²) >= 11 is 0. The molecule has 4 fully saturated rings. The van der Waals surface area contributed by atoms with Gasteiger partial charge in [0.2, 0.25) is 0 Å². The van der Waals surface area contributed by atoms with Crippen molar-refractivity contribution in [3.05, 3.63) is 65.2 Å². The van der Waals surface area contributed by atoms with Crippen molar-refractivity contribution >= 4 is 11.7 Å². The molecule has 0 aromatic heterocycles. The van der Waals surface area contributed by atoms with Crippen molar-refractivity contribution in [3.63, 3.8) is 0 Å². The van der Waals surface area contributed by atoms with Gasteiger partial charge in [0.25, 0.3) is 0 Å². The van der Waals surface area contributed by atoms with E-state index in [4.69, 9.17) is 9.47 Å². The highest BCUT2D eigenvalue weighted by atomic mass is 16.6. The van der Waals surface area contributed by atoms with Crippen LogP contribution >= 0.6 is 0 Å². The number of alkyl carbamates (subject to hydrolysis) is 1. The van der Waals surface area contributed by atoms with Crippen LogP contribution in [0.3, 0.4) is 0 Å². The minimum atomic E-state index is -0.494. The highest BCUT2D eigenvalue weighted by Gasteiger charge is 2.46. The maximum atomic E-state index is 12.1. The van der Waals surface area contributed by atoms with Crippen molar-refractivity contribution in [2.24, 2.45) is 29.6 Å². The summed E-state index contributed by atoms with van der Waals surface area (Å²) < 4.78 is 12.0. The molecule has 1 unspecified atom stereocenters. The van der Waals surface area contributed by atoms with Crippen LogP contribution in [0.25, 0.3) is 5.57 Å². The first-order valence-corrected chi connectivity index (χ1v) is 16.9. The number of amides is 1. The van der Waals surface area contributed by atoms with E-state index in [9.17, 15) is 9.90 Å². The maximum absolute atomic E-state index is 12.1. The number of rotatable bonds is 12. The van der Waals surface area contributed by atoms with E-state index in [0.29, 0.717) is 30.0 Å². The Morgan fingerprint density at radius 3 is 1.98 bits per heavy atom. The van der Waals surface area contributed by atoms with Gasteiger partial charge in [0.15, 0.2) is 0 Å². The van der Waals surface area contributed by atoms with E-state index < -0.39 is 5.60 Å². The minimum absolute atomic E-state index is 0.0931. The lowest BCUT2D eigenvalue weighted by Crippen LogP contribution is -2.40. The summed E-state index contributed by atoms with van der Waals surface area (Å²) in [5, 5.41) is 12.9. The largest absolute Gasteiger partial charge is 0.508 e. The summed E-state index contributed by atoms with van der Waals surface area (Å²) in [6, 6.07) is 16.6. The Bertz CT molecular complexity index is 1210. The Hall–Kier alpha value is -2.95. The van der Waals surface area contributed by atoms with Crippen molar-refractivity contribution in [2.75, 3.05) is 6.54 Å². The molecular weight excluding hydrogens is 534 g/mol. The van der Waals surface area contributed by atoms with E-state index >= 15 is 0 Å². The number of hydrogen-bond donors (Lipinski definition) is 2. The average molecular weight is 588 g/mol. The third-order valence-corrected chi connectivity index (χ3v) is 10.0. The number of aromatic hydroxyl groups is 1. The van der Waals surface area contributed by atoms with Crippen LogP contribution in [0.5, 0.6) is 11.5 Å². The topological polar surface area (TPSA) is 67.8 Å². The van der Waals surface area contributed by atoms with Crippen molar-refractivity contribution in [3.8, 4) is 11.5 Å². The van der Waals surface area contributed by atoms with Crippen LogP contribution in [0, 0.1) is 29.6 Å². The molecule has 4 bridgehead atoms. The average Bonchev–Trinajstić information content (AvgIpc) is 2.95. The molecule has 4 aliphatic rings. The first kappa shape index (κ1) is 31.5. The molecule has 0 saturated heterocycles. The highest BCUT2D eigenvalue weighted by molar-refractivity contribution is 5.83. The first-order chi connectivity index (χ1) is 20.6. The van der Waals surface area contributed by atoms with Crippen molar-refractivity contribution in [1.82, 2.24) is 5.32 Å². The molecule has 0 spiro atoms. The number of benzene rings is 2. The van der Waals surface area contributed by atoms with Crippen LogP contribution in [-0.4, -0.2) is 29.4 Å². The fourth-order valence-corrected chi connectivity index (χ4v) is 8.17. The van der Waals surface area contributed by atoms with Crippen LogP contribution in [0.1, 0.15) is 110 Å². The molecule has 0 radical (unpaired) electrons. The quantitative estimate of drug-likeness (QED) is 0.243. The molecule has 6 rings (SSSR count). The molecular formula is C38H53NO4. The second-order valence-electron chi connectivity index (χ2n) is 14.4. The fraction of sp³-hybridized carbons (Fsp3) is 0.605. The summed E-state index contributed by atoms with van der Waals surface area (Å²) in [7, 11) is 0. The summed E-state index contributed by atoms with van der Waals surface area (Å²) in [5.74, 6) is 5.03. The van der Waals surface area contributed by atoms with Crippen LogP contribution in [0.4, 0.5) is 4.79 Å². The Kier molecular flexibility index (Phi) is 10.1. The van der Waals surface area contributed by atoms with Crippen molar-refractivity contribution < 1.29 is 19.4 Å². The molecule has 5 heteroatoms. The first-order valence-electron chi connectivity index (χ1n) is 16.9. The molecule has 2 aromatic carbocycles. The van der Waals surface area contributed by atoms with Gasteiger partial charge < -0.3 is 19.9 Å². The molecule has 2 N–H and O–H groups in total. The van der Waals surface area contributed by atoms with Gasteiger partial charge in [-0.3, -0.25) is 0 Å². The van der Waals surface area contributed by atoms with Crippen LogP contribution in [0.2, 0.25) is 0 Å². The normalized spacial score (nSPS) is 23.3. The molecule has 0 heterocycles. The Morgan fingerprint density at radius 1 is 0.884 bits per heavy atom. The van der Waals surface area contributed by atoms with E-state index in [1.807, 2.05) is 32.9 Å². The third-order valence-electron chi connectivity index (χ3n) is 10.0. The third kappa shape index (κ3) is 8.16. The standard InChI is InChI=1S/C38H53NO4/c1-6-25(7-2)24-34(9-8-18-39-37(41)43-38(3,4)5)42-33-16-12-29(13-17-33)35(28-10-14-32(40)15-11-28)36-30-20-26-19-27(22-30)23-31(36)21-26/h10-17,25-27,30-31,34,40H,6-9,18-24H2,1-5H3,(H,39,41). The van der Waals surface area contributed by atoms with Gasteiger partial charge in [0.05, 0.1) is 6.10 Å². The predicted molar refractivity (Wildman–Crippen MR) is 174 cm³/mol. The van der Waals surface area contributed by atoms with Gasteiger partial charge in [-0.2, -0.15) is 0 Å². The fourth-order valence-electron chi connectivity index (χ4n) is 8.17. The van der Waals surface area contributed by atoms with E-state index in [2.05, 4.69) is 55.6 Å². The number of nitrogens with one attached hydrogen (secondary N) is 1. The van der Waals surface area contributed by atoms with E-state index in [-0.39, 0.29) is 12.2 Å². The molecule has 4 saturated carbocycles. The monoisotopic (exact) mass is 587 g/mol. The molecule has 2 aromatic rings. The zero-order valence-corrected chi connectivity index (χ0v) is 27.0. The molecule has 1 amide bonds. The Morgan fingerprint density at radius 2 is 1.44 bits per heavy atom. The zero-order chi connectivity index (χ0) is 30.6. The molecule has 4 aliphatic carbocycles. The number of allylic oxidation sites excluding steroid dienone is 1. The lowest BCUT2D eigenvalue weighted by atomic mass is 9.53. The molecule has 0 aliphatic heterocycles. The SMILES string of the molecule is CCC(CC)CC(CCCNC(=O)OC(C)(C)C)Oc1ccc(C(=C2C3CC4CC(C3)CC2C4)c2ccc(O)cc2)cc1. The second-order valence-corrected chi connectivity index (χ2v) is 14.4. The maximum Gasteiger partial charge on any atom is 0.407 e. The number of carbonyl (C=O) groups excluding carboxylic acids is 1. The van der Waals surface area contributed by atoms with Gasteiger partial charge in [-0.25, -0.2) is 4.79 Å². The van der Waals surface area contributed by atoms with Crippen LogP contribution < -0.4 is 10.1 Å². The van der Waals surface area contributed by atoms with Crippen LogP contribution in [-0.2, 0) is 4.74 Å². The smallest absolute Gasteiger partial charge is 0.407 e. The number of phenolic OH excluding ortho intramolecular Hbond substituents is 1. The van der Waals surface area contributed by atoms with E-state index in [1.165, 1.54) is 48.8 Å².